The number of methoxy groups -OCH3 is 1. The molecule has 6 rings (SSSR count). The molecule has 0 amide bonds. The van der Waals surface area contributed by atoms with Gasteiger partial charge < -0.3 is 14.2 Å². The van der Waals surface area contributed by atoms with E-state index in [0.717, 1.165) is 29.0 Å². The molecule has 0 saturated heterocycles. The van der Waals surface area contributed by atoms with E-state index in [0.29, 0.717) is 38.5 Å². The zero-order valence-electron chi connectivity index (χ0n) is 28.6. The van der Waals surface area contributed by atoms with Crippen LogP contribution in [0.1, 0.15) is 61.6 Å². The second-order valence-electron chi connectivity index (χ2n) is 12.3. The van der Waals surface area contributed by atoms with Crippen LogP contribution in [0.2, 0.25) is 0 Å². The summed E-state index contributed by atoms with van der Waals surface area (Å²) in [5.41, 5.74) is 4.51. The van der Waals surface area contributed by atoms with Crippen LogP contribution in [0.5, 0.6) is 5.75 Å². The summed E-state index contributed by atoms with van der Waals surface area (Å²) >= 11 is 1.23. The Morgan fingerprint density at radius 1 is 0.980 bits per heavy atom. The van der Waals surface area contributed by atoms with Crippen LogP contribution >= 0.6 is 11.3 Å². The Morgan fingerprint density at radius 3 is 2.36 bits per heavy atom. The molecule has 0 fully saturated rings. The van der Waals surface area contributed by atoms with Crippen LogP contribution in [0.3, 0.4) is 0 Å². The Balaban J connectivity index is 1.50. The molecule has 3 aromatic carbocycles. The van der Waals surface area contributed by atoms with Gasteiger partial charge in [-0.2, -0.15) is 5.10 Å². The Morgan fingerprint density at radius 2 is 1.70 bits per heavy atom. The fraction of sp³-hybridized carbons (Fsp3) is 0.256. The fourth-order valence-corrected chi connectivity index (χ4v) is 6.68. The molecule has 0 unspecified atom stereocenters. The number of allylic oxidation sites excluding steroid dienone is 1. The maximum atomic E-state index is 14.4. The van der Waals surface area contributed by atoms with Crippen molar-refractivity contribution in [2.24, 2.45) is 10.9 Å². The van der Waals surface area contributed by atoms with Crippen LogP contribution in [0.25, 0.3) is 23.0 Å². The lowest BCUT2D eigenvalue weighted by Crippen LogP contribution is -2.40. The molecule has 0 spiro atoms. The minimum absolute atomic E-state index is 0.116. The number of rotatable bonds is 11. The molecule has 50 heavy (non-hydrogen) atoms. The summed E-state index contributed by atoms with van der Waals surface area (Å²) in [6.07, 6.45) is 4.62. The highest BCUT2D eigenvalue weighted by molar-refractivity contribution is 7.07. The Bertz CT molecular complexity index is 2230. The number of carbonyl (C=O) groups is 2. The van der Waals surface area contributed by atoms with Crippen molar-refractivity contribution in [3.05, 3.63) is 133 Å². The predicted octanol–water partition coefficient (Wildman–Crippen LogP) is 5.86. The second kappa shape index (κ2) is 14.9. The summed E-state index contributed by atoms with van der Waals surface area (Å²) in [6, 6.07) is 23.3. The maximum Gasteiger partial charge on any atom is 0.338 e. The molecule has 0 radical (unpaired) electrons. The quantitative estimate of drug-likeness (QED) is 0.160. The van der Waals surface area contributed by atoms with Gasteiger partial charge in [-0.25, -0.2) is 19.3 Å². The number of carbonyl (C=O) groups excluding carboxylic acids is 2. The summed E-state index contributed by atoms with van der Waals surface area (Å²) < 4.78 is 20.1. The SMILES string of the molecule is CCCOc1ccc(-c2nn(-c3ccccc3)cc2/C=c2\sc3n(c2=O)[C@@H](c2ccc(C(=O)OC)cc2)C(C(=O)OCC(C)C)=C(C)N=3)cc1. The third kappa shape index (κ3) is 7.09. The van der Waals surface area contributed by atoms with Crippen LogP contribution in [-0.2, 0) is 14.3 Å². The van der Waals surface area contributed by atoms with E-state index in [-0.39, 0.29) is 23.7 Å². The fourth-order valence-electron chi connectivity index (χ4n) is 5.64. The lowest BCUT2D eigenvalue weighted by molar-refractivity contribution is -0.140. The Labute approximate surface area is 293 Å². The minimum Gasteiger partial charge on any atom is -0.494 e. The highest BCUT2D eigenvalue weighted by atomic mass is 32.1. The van der Waals surface area contributed by atoms with Gasteiger partial charge in [-0.15, -0.1) is 0 Å². The number of benzene rings is 3. The third-order valence-electron chi connectivity index (χ3n) is 8.09. The van der Waals surface area contributed by atoms with E-state index in [4.69, 9.17) is 24.3 Å². The number of ether oxygens (including phenoxy) is 3. The number of para-hydroxylation sites is 1. The first-order valence-electron chi connectivity index (χ1n) is 16.4. The second-order valence-corrected chi connectivity index (χ2v) is 13.3. The number of esters is 2. The summed E-state index contributed by atoms with van der Waals surface area (Å²) in [4.78, 5) is 45.4. The van der Waals surface area contributed by atoms with Gasteiger partial charge in [0.05, 0.1) is 53.4 Å². The van der Waals surface area contributed by atoms with Gasteiger partial charge in [0.2, 0.25) is 0 Å². The first kappa shape index (κ1) is 34.3. The smallest absolute Gasteiger partial charge is 0.338 e. The molecule has 1 atom stereocenters. The molecular formula is C39H38N4O6S. The zero-order valence-corrected chi connectivity index (χ0v) is 29.4. The largest absolute Gasteiger partial charge is 0.494 e. The molecule has 0 aliphatic carbocycles. The molecule has 0 saturated carbocycles. The van der Waals surface area contributed by atoms with E-state index in [1.165, 1.54) is 23.0 Å². The lowest BCUT2D eigenvalue weighted by atomic mass is 9.95. The van der Waals surface area contributed by atoms with E-state index in [1.807, 2.05) is 80.7 Å². The normalized spacial score (nSPS) is 14.4. The first-order chi connectivity index (χ1) is 24.2. The van der Waals surface area contributed by atoms with E-state index in [9.17, 15) is 14.4 Å². The molecule has 11 heteroatoms. The molecule has 0 N–H and O–H groups in total. The van der Waals surface area contributed by atoms with Gasteiger partial charge in [-0.1, -0.05) is 62.4 Å². The van der Waals surface area contributed by atoms with Gasteiger partial charge in [0.1, 0.15) is 11.4 Å². The molecule has 5 aromatic rings. The van der Waals surface area contributed by atoms with Gasteiger partial charge in [0.25, 0.3) is 5.56 Å². The van der Waals surface area contributed by atoms with Crippen molar-refractivity contribution < 1.29 is 23.8 Å². The monoisotopic (exact) mass is 690 g/mol. The van der Waals surface area contributed by atoms with Crippen LogP contribution in [-0.4, -0.2) is 46.6 Å². The predicted molar refractivity (Wildman–Crippen MR) is 192 cm³/mol. The number of nitrogens with zero attached hydrogens (tertiary/aromatic N) is 4. The van der Waals surface area contributed by atoms with Crippen LogP contribution in [0, 0.1) is 5.92 Å². The van der Waals surface area contributed by atoms with Gasteiger partial charge in [-0.05, 0) is 79.4 Å². The van der Waals surface area contributed by atoms with E-state index in [2.05, 4.69) is 6.92 Å². The van der Waals surface area contributed by atoms with Crippen LogP contribution in [0.15, 0.2) is 106 Å². The van der Waals surface area contributed by atoms with E-state index < -0.39 is 18.0 Å². The van der Waals surface area contributed by atoms with E-state index in [1.54, 1.807) is 35.9 Å². The minimum atomic E-state index is -0.832. The van der Waals surface area contributed by atoms with Crippen LogP contribution in [0.4, 0.5) is 0 Å². The van der Waals surface area contributed by atoms with Crippen molar-refractivity contribution in [1.29, 1.82) is 0 Å². The van der Waals surface area contributed by atoms with Crippen molar-refractivity contribution in [2.45, 2.75) is 40.2 Å². The number of thiazole rings is 1. The number of fused-ring (bicyclic) bond motifs is 1. The Hall–Kier alpha value is -5.55. The Kier molecular flexibility index (Phi) is 10.2. The number of hydrogen-bond donors (Lipinski definition) is 0. The van der Waals surface area contributed by atoms with Crippen molar-refractivity contribution in [2.75, 3.05) is 20.3 Å². The van der Waals surface area contributed by atoms with Crippen molar-refractivity contribution >= 4 is 29.4 Å². The van der Waals surface area contributed by atoms with Gasteiger partial charge in [-0.3, -0.25) is 9.36 Å². The maximum absolute atomic E-state index is 14.4. The van der Waals surface area contributed by atoms with Crippen molar-refractivity contribution in [3.8, 4) is 22.7 Å². The summed E-state index contributed by atoms with van der Waals surface area (Å²) in [5, 5.41) is 4.93. The molecule has 1 aliphatic heterocycles. The summed E-state index contributed by atoms with van der Waals surface area (Å²) in [7, 11) is 1.31. The van der Waals surface area contributed by atoms with Gasteiger partial charge in [0.15, 0.2) is 4.80 Å². The summed E-state index contributed by atoms with van der Waals surface area (Å²) in [5.74, 6) is -0.150. The first-order valence-corrected chi connectivity index (χ1v) is 17.3. The van der Waals surface area contributed by atoms with Gasteiger partial charge in [0, 0.05) is 17.3 Å². The average Bonchev–Trinajstić information content (AvgIpc) is 3.69. The molecule has 3 heterocycles. The molecule has 256 valence electrons. The highest BCUT2D eigenvalue weighted by Crippen LogP contribution is 2.32. The lowest BCUT2D eigenvalue weighted by Gasteiger charge is -2.25. The molecule has 2 aromatic heterocycles. The van der Waals surface area contributed by atoms with Crippen LogP contribution < -0.4 is 19.6 Å². The van der Waals surface area contributed by atoms with Crippen molar-refractivity contribution in [1.82, 2.24) is 14.3 Å². The third-order valence-corrected chi connectivity index (χ3v) is 9.07. The standard InChI is InChI=1S/C39H38N4O6S/c1-6-20-48-31-18-16-26(17-19-31)34-29(22-42(41-34)30-10-8-7-9-11-30)21-32-36(44)43-35(27-12-14-28(15-13-27)37(45)47-5)33(25(4)40-39(43)50-32)38(46)49-23-24(2)3/h7-19,21-22,24,35H,6,20,23H2,1-5H3/b32-21-/t35-/m0/s1. The average molecular weight is 691 g/mol. The molecule has 1 aliphatic rings. The molecule has 0 bridgehead atoms. The number of hydrogen-bond acceptors (Lipinski definition) is 9. The zero-order chi connectivity index (χ0) is 35.4. The number of aromatic nitrogens is 3. The molecule has 10 nitrogen and oxygen atoms in total. The van der Waals surface area contributed by atoms with E-state index >= 15 is 0 Å². The summed E-state index contributed by atoms with van der Waals surface area (Å²) in [6.45, 7) is 8.55. The highest BCUT2D eigenvalue weighted by Gasteiger charge is 2.34. The molecular weight excluding hydrogens is 653 g/mol. The topological polar surface area (TPSA) is 114 Å². The van der Waals surface area contributed by atoms with Gasteiger partial charge >= 0.3 is 11.9 Å². The van der Waals surface area contributed by atoms with Crippen molar-refractivity contribution in [3.63, 3.8) is 0 Å².